The van der Waals surface area contributed by atoms with Crippen molar-refractivity contribution in [3.05, 3.63) is 37.0 Å². The molecule has 0 atom stereocenters. The summed E-state index contributed by atoms with van der Waals surface area (Å²) in [5.41, 5.74) is 1.27. The Labute approximate surface area is 57.6 Å². The molecule has 0 aliphatic heterocycles. The second kappa shape index (κ2) is 5.36. The van der Waals surface area contributed by atoms with Crippen LogP contribution in [-0.4, -0.2) is 0 Å². The van der Waals surface area contributed by atoms with Gasteiger partial charge in [0.25, 0.3) is 0 Å². The molecule has 0 saturated carbocycles. The molecule has 0 aromatic carbocycles. The fraction of sp³-hybridized carbons (Fsp3) is 0.333. The molecule has 0 saturated heterocycles. The molecule has 0 N–H and O–H groups in total. The van der Waals surface area contributed by atoms with E-state index in [1.807, 2.05) is 12.2 Å². The lowest BCUT2D eigenvalue weighted by Gasteiger charge is -1.92. The zero-order valence-corrected chi connectivity index (χ0v) is 6.06. The van der Waals surface area contributed by atoms with Crippen LogP contribution in [0.25, 0.3) is 0 Å². The third-order valence-corrected chi connectivity index (χ3v) is 1.11. The van der Waals surface area contributed by atoms with Crippen LogP contribution in [-0.2, 0) is 0 Å². The highest BCUT2D eigenvalue weighted by Gasteiger charge is 1.82. The Balaban J connectivity index is 3.80. The van der Waals surface area contributed by atoms with Crippen molar-refractivity contribution in [1.29, 1.82) is 0 Å². The maximum Gasteiger partial charge on any atom is -0.0104 e. The first-order valence-corrected chi connectivity index (χ1v) is 3.27. The number of rotatable bonds is 4. The maximum atomic E-state index is 3.68. The Kier molecular flexibility index (Phi) is 4.89. The molecular formula is C9H14. The Morgan fingerprint density at radius 2 is 2.11 bits per heavy atom. The molecule has 0 unspecified atom stereocenters. The lowest BCUT2D eigenvalue weighted by molar-refractivity contribution is 1.16. The number of allylic oxidation sites excluding steroid dienone is 4. The lowest BCUT2D eigenvalue weighted by Crippen LogP contribution is -1.72. The van der Waals surface area contributed by atoms with Crippen molar-refractivity contribution < 1.29 is 0 Å². The van der Waals surface area contributed by atoms with Crippen LogP contribution in [0.3, 0.4) is 0 Å². The van der Waals surface area contributed by atoms with Crippen LogP contribution in [0.4, 0.5) is 0 Å². The van der Waals surface area contributed by atoms with Gasteiger partial charge in [0.05, 0.1) is 0 Å². The standard InChI is InChI=1S/C9H14/c1-4-7-9(6-3)8-5-2/h4,6,8H,1,3,5,7H2,2H3. The highest BCUT2D eigenvalue weighted by molar-refractivity contribution is 5.18. The van der Waals surface area contributed by atoms with Crippen molar-refractivity contribution in [3.63, 3.8) is 0 Å². The molecule has 0 aliphatic rings. The molecule has 0 nitrogen and oxygen atoms in total. The summed E-state index contributed by atoms with van der Waals surface area (Å²) >= 11 is 0. The van der Waals surface area contributed by atoms with E-state index in [0.717, 1.165) is 12.8 Å². The van der Waals surface area contributed by atoms with E-state index < -0.39 is 0 Å². The second-order valence-electron chi connectivity index (χ2n) is 1.88. The Morgan fingerprint density at radius 3 is 2.44 bits per heavy atom. The summed E-state index contributed by atoms with van der Waals surface area (Å²) in [7, 11) is 0. The number of hydrogen-bond donors (Lipinski definition) is 0. The molecule has 0 heterocycles. The summed E-state index contributed by atoms with van der Waals surface area (Å²) in [6, 6.07) is 0. The van der Waals surface area contributed by atoms with E-state index in [0.29, 0.717) is 0 Å². The summed E-state index contributed by atoms with van der Waals surface area (Å²) in [5, 5.41) is 0. The fourth-order valence-electron chi connectivity index (χ4n) is 0.679. The monoisotopic (exact) mass is 122 g/mol. The van der Waals surface area contributed by atoms with Crippen molar-refractivity contribution >= 4 is 0 Å². The molecule has 50 valence electrons. The molecule has 0 radical (unpaired) electrons. The normalized spacial score (nSPS) is 11.0. The molecule has 0 amide bonds. The molecule has 9 heavy (non-hydrogen) atoms. The van der Waals surface area contributed by atoms with Gasteiger partial charge in [-0.2, -0.15) is 0 Å². The molecule has 0 aliphatic carbocycles. The van der Waals surface area contributed by atoms with Crippen LogP contribution in [0, 0.1) is 0 Å². The molecule has 0 aromatic rings. The SMILES string of the molecule is C=CCC(C=C)=CCC. The molecule has 0 heteroatoms. The van der Waals surface area contributed by atoms with Gasteiger partial charge in [0, 0.05) is 0 Å². The molecule has 0 spiro atoms. The summed E-state index contributed by atoms with van der Waals surface area (Å²) in [4.78, 5) is 0. The van der Waals surface area contributed by atoms with E-state index in [1.54, 1.807) is 0 Å². The summed E-state index contributed by atoms with van der Waals surface area (Å²) in [6.45, 7) is 9.44. The predicted molar refractivity (Wildman–Crippen MR) is 43.4 cm³/mol. The lowest BCUT2D eigenvalue weighted by atomic mass is 10.1. The highest BCUT2D eigenvalue weighted by Crippen LogP contribution is 2.03. The predicted octanol–water partition coefficient (Wildman–Crippen LogP) is 3.08. The van der Waals surface area contributed by atoms with Gasteiger partial charge < -0.3 is 0 Å². The molecule has 0 rings (SSSR count). The fourth-order valence-corrected chi connectivity index (χ4v) is 0.679. The van der Waals surface area contributed by atoms with E-state index >= 15 is 0 Å². The van der Waals surface area contributed by atoms with Gasteiger partial charge in [-0.1, -0.05) is 31.7 Å². The maximum absolute atomic E-state index is 3.68. The minimum absolute atomic E-state index is 0.942. The topological polar surface area (TPSA) is 0 Å². The molecule has 0 aromatic heterocycles. The smallest absolute Gasteiger partial charge is 0.0104 e. The van der Waals surface area contributed by atoms with E-state index in [1.165, 1.54) is 5.57 Å². The van der Waals surface area contributed by atoms with Gasteiger partial charge >= 0.3 is 0 Å². The van der Waals surface area contributed by atoms with Gasteiger partial charge in [0.15, 0.2) is 0 Å². The number of hydrogen-bond acceptors (Lipinski definition) is 0. The van der Waals surface area contributed by atoms with Crippen LogP contribution >= 0.6 is 0 Å². The van der Waals surface area contributed by atoms with Gasteiger partial charge in [0.2, 0.25) is 0 Å². The van der Waals surface area contributed by atoms with Gasteiger partial charge in [-0.15, -0.1) is 6.58 Å². The van der Waals surface area contributed by atoms with Crippen molar-refractivity contribution in [2.75, 3.05) is 0 Å². The van der Waals surface area contributed by atoms with E-state index in [9.17, 15) is 0 Å². The zero-order chi connectivity index (χ0) is 7.11. The molecule has 0 fully saturated rings. The van der Waals surface area contributed by atoms with Crippen LogP contribution < -0.4 is 0 Å². The van der Waals surface area contributed by atoms with Gasteiger partial charge in [-0.05, 0) is 18.4 Å². The first kappa shape index (κ1) is 8.22. The average Bonchev–Trinajstić information content (AvgIpc) is 1.88. The van der Waals surface area contributed by atoms with Crippen molar-refractivity contribution in [2.45, 2.75) is 19.8 Å². The van der Waals surface area contributed by atoms with Crippen LogP contribution in [0.15, 0.2) is 37.0 Å². The van der Waals surface area contributed by atoms with Gasteiger partial charge in [-0.3, -0.25) is 0 Å². The van der Waals surface area contributed by atoms with E-state index in [-0.39, 0.29) is 0 Å². The minimum Gasteiger partial charge on any atom is -0.103 e. The average molecular weight is 122 g/mol. The van der Waals surface area contributed by atoms with Crippen molar-refractivity contribution in [2.24, 2.45) is 0 Å². The first-order valence-electron chi connectivity index (χ1n) is 3.27. The summed E-state index contributed by atoms with van der Waals surface area (Å²) in [5.74, 6) is 0. The quantitative estimate of drug-likeness (QED) is 0.397. The second-order valence-corrected chi connectivity index (χ2v) is 1.88. The Bertz CT molecular complexity index is 118. The molecular weight excluding hydrogens is 108 g/mol. The summed E-state index contributed by atoms with van der Waals surface area (Å²) < 4.78 is 0. The third-order valence-electron chi connectivity index (χ3n) is 1.11. The van der Waals surface area contributed by atoms with E-state index in [2.05, 4.69) is 26.2 Å². The zero-order valence-electron chi connectivity index (χ0n) is 6.06. The van der Waals surface area contributed by atoms with Gasteiger partial charge in [-0.25, -0.2) is 0 Å². The van der Waals surface area contributed by atoms with Gasteiger partial charge in [0.1, 0.15) is 0 Å². The Hall–Kier alpha value is -0.780. The third kappa shape index (κ3) is 3.77. The van der Waals surface area contributed by atoms with Crippen LogP contribution in [0.2, 0.25) is 0 Å². The molecule has 0 bridgehead atoms. The largest absolute Gasteiger partial charge is 0.103 e. The minimum atomic E-state index is 0.942. The first-order chi connectivity index (χ1) is 4.35. The highest BCUT2D eigenvalue weighted by atomic mass is 13.9. The van der Waals surface area contributed by atoms with Crippen molar-refractivity contribution in [3.8, 4) is 0 Å². The summed E-state index contributed by atoms with van der Waals surface area (Å²) in [6.07, 6.45) is 7.95. The Morgan fingerprint density at radius 1 is 1.44 bits per heavy atom. The van der Waals surface area contributed by atoms with Crippen LogP contribution in [0.5, 0.6) is 0 Å². The van der Waals surface area contributed by atoms with Crippen molar-refractivity contribution in [1.82, 2.24) is 0 Å². The van der Waals surface area contributed by atoms with Crippen LogP contribution in [0.1, 0.15) is 19.8 Å². The van der Waals surface area contributed by atoms with E-state index in [4.69, 9.17) is 0 Å².